The molecule has 2 saturated carbocycles. The van der Waals surface area contributed by atoms with Crippen molar-refractivity contribution in [2.24, 2.45) is 28.1 Å². The van der Waals surface area contributed by atoms with Crippen LogP contribution in [0.4, 0.5) is 0 Å². The Hall–Kier alpha value is -0.440. The van der Waals surface area contributed by atoms with E-state index in [0.29, 0.717) is 11.8 Å². The molecule has 150 valence electrons. The van der Waals surface area contributed by atoms with E-state index in [0.717, 1.165) is 31.4 Å². The Kier molecular flexibility index (Phi) is 5.77. The summed E-state index contributed by atoms with van der Waals surface area (Å²) >= 11 is 4.56. The van der Waals surface area contributed by atoms with Crippen molar-refractivity contribution in [2.75, 3.05) is 5.75 Å². The van der Waals surface area contributed by atoms with Gasteiger partial charge in [-0.25, -0.2) is 0 Å². The molecule has 2 fully saturated rings. The van der Waals surface area contributed by atoms with Crippen LogP contribution in [0.15, 0.2) is 11.1 Å². The number of esters is 1. The molecular formula is C23H40O2S. The van der Waals surface area contributed by atoms with Crippen molar-refractivity contribution in [2.45, 2.75) is 93.6 Å². The Labute approximate surface area is 166 Å². The van der Waals surface area contributed by atoms with Crippen molar-refractivity contribution >= 4 is 18.6 Å². The molecule has 0 N–H and O–H groups in total. The molecule has 0 bridgehead atoms. The third kappa shape index (κ3) is 3.75. The summed E-state index contributed by atoms with van der Waals surface area (Å²) in [6.07, 6.45) is 3.84. The zero-order valence-corrected chi connectivity index (χ0v) is 19.3. The van der Waals surface area contributed by atoms with Gasteiger partial charge in [0.1, 0.15) is 5.60 Å². The van der Waals surface area contributed by atoms with Gasteiger partial charge in [0.15, 0.2) is 0 Å². The Morgan fingerprint density at radius 1 is 1.15 bits per heavy atom. The lowest BCUT2D eigenvalue weighted by atomic mass is 9.68. The van der Waals surface area contributed by atoms with Crippen molar-refractivity contribution < 1.29 is 9.53 Å². The molecule has 0 amide bonds. The van der Waals surface area contributed by atoms with Crippen molar-refractivity contribution in [3.05, 3.63) is 11.1 Å². The summed E-state index contributed by atoms with van der Waals surface area (Å²) in [6.45, 7) is 19.9. The first-order valence-electron chi connectivity index (χ1n) is 10.2. The van der Waals surface area contributed by atoms with E-state index in [1.165, 1.54) is 11.1 Å². The number of rotatable bonds is 4. The van der Waals surface area contributed by atoms with Gasteiger partial charge < -0.3 is 4.74 Å². The number of allylic oxidation sites excluding steroid dienone is 2. The fourth-order valence-corrected chi connectivity index (χ4v) is 5.44. The molecule has 3 heteroatoms. The van der Waals surface area contributed by atoms with Crippen LogP contribution >= 0.6 is 12.6 Å². The molecular weight excluding hydrogens is 340 g/mol. The van der Waals surface area contributed by atoms with Gasteiger partial charge in [-0.05, 0) is 74.9 Å². The molecule has 0 radical (unpaired) electrons. The molecule has 0 aromatic carbocycles. The van der Waals surface area contributed by atoms with Gasteiger partial charge in [0.25, 0.3) is 0 Å². The van der Waals surface area contributed by atoms with E-state index >= 15 is 0 Å². The second-order valence-corrected chi connectivity index (χ2v) is 11.4. The molecule has 4 unspecified atom stereocenters. The Morgan fingerprint density at radius 2 is 1.65 bits per heavy atom. The minimum absolute atomic E-state index is 0.0193. The molecule has 0 heterocycles. The predicted octanol–water partition coefficient (Wildman–Crippen LogP) is 6.45. The third-order valence-corrected chi connectivity index (χ3v) is 8.07. The molecule has 0 aromatic rings. The quantitative estimate of drug-likeness (QED) is 0.344. The molecule has 2 aliphatic carbocycles. The van der Waals surface area contributed by atoms with Gasteiger partial charge in [0, 0.05) is 0 Å². The molecule has 0 aliphatic heterocycles. The molecule has 0 spiro atoms. The van der Waals surface area contributed by atoms with Crippen molar-refractivity contribution in [3.63, 3.8) is 0 Å². The van der Waals surface area contributed by atoms with Crippen LogP contribution in [-0.4, -0.2) is 17.3 Å². The molecule has 0 aromatic heterocycles. The summed E-state index contributed by atoms with van der Waals surface area (Å²) in [7, 11) is 0. The SMILES string of the molecule is CC(C)=C1CC(C)C(C)(OC(=O)C2(CC(C)(C)C)CC2(C)CS)C(C)C1. The van der Waals surface area contributed by atoms with Gasteiger partial charge in [0.05, 0.1) is 5.41 Å². The number of carbonyl (C=O) groups is 1. The predicted molar refractivity (Wildman–Crippen MR) is 114 cm³/mol. The maximum atomic E-state index is 13.5. The summed E-state index contributed by atoms with van der Waals surface area (Å²) in [5.41, 5.74) is 2.26. The average molecular weight is 381 g/mol. The number of thiol groups is 1. The normalized spacial score (nSPS) is 40.3. The zero-order chi connectivity index (χ0) is 20.1. The number of hydrogen-bond donors (Lipinski definition) is 1. The molecule has 2 nitrogen and oxygen atoms in total. The summed E-state index contributed by atoms with van der Waals surface area (Å²) in [6, 6.07) is 0. The highest BCUT2D eigenvalue weighted by molar-refractivity contribution is 7.80. The van der Waals surface area contributed by atoms with Crippen LogP contribution in [0.1, 0.15) is 88.0 Å². The van der Waals surface area contributed by atoms with Crippen molar-refractivity contribution in [3.8, 4) is 0 Å². The van der Waals surface area contributed by atoms with E-state index in [1.54, 1.807) is 0 Å². The average Bonchev–Trinajstić information content (AvgIpc) is 3.08. The number of carbonyl (C=O) groups excluding carboxylic acids is 1. The summed E-state index contributed by atoms with van der Waals surface area (Å²) in [4.78, 5) is 13.5. The van der Waals surface area contributed by atoms with Crippen molar-refractivity contribution in [1.82, 2.24) is 0 Å². The van der Waals surface area contributed by atoms with Crippen LogP contribution in [-0.2, 0) is 9.53 Å². The lowest BCUT2D eigenvalue weighted by molar-refractivity contribution is -0.182. The Morgan fingerprint density at radius 3 is 2.00 bits per heavy atom. The first-order valence-corrected chi connectivity index (χ1v) is 10.8. The van der Waals surface area contributed by atoms with Gasteiger partial charge in [-0.1, -0.05) is 52.7 Å². The first-order chi connectivity index (χ1) is 11.7. The highest BCUT2D eigenvalue weighted by atomic mass is 32.1. The smallest absolute Gasteiger partial charge is 0.313 e. The second-order valence-electron chi connectivity index (χ2n) is 11.1. The molecule has 2 rings (SSSR count). The van der Waals surface area contributed by atoms with E-state index in [4.69, 9.17) is 4.74 Å². The maximum Gasteiger partial charge on any atom is 0.313 e. The summed E-state index contributed by atoms with van der Waals surface area (Å²) in [5.74, 6) is 1.44. The van der Waals surface area contributed by atoms with Gasteiger partial charge in [-0.2, -0.15) is 12.6 Å². The maximum absolute atomic E-state index is 13.5. The molecule has 2 aliphatic rings. The highest BCUT2D eigenvalue weighted by Crippen LogP contribution is 2.69. The van der Waals surface area contributed by atoms with Crippen LogP contribution in [0.5, 0.6) is 0 Å². The minimum atomic E-state index is -0.388. The van der Waals surface area contributed by atoms with Gasteiger partial charge >= 0.3 is 5.97 Å². The van der Waals surface area contributed by atoms with Crippen LogP contribution in [0.25, 0.3) is 0 Å². The van der Waals surface area contributed by atoms with E-state index in [9.17, 15) is 4.79 Å². The lowest BCUT2D eigenvalue weighted by Crippen LogP contribution is -2.49. The number of hydrogen-bond acceptors (Lipinski definition) is 3. The molecule has 4 atom stereocenters. The molecule has 0 saturated heterocycles. The van der Waals surface area contributed by atoms with E-state index < -0.39 is 0 Å². The highest BCUT2D eigenvalue weighted by Gasteiger charge is 2.70. The van der Waals surface area contributed by atoms with Crippen LogP contribution < -0.4 is 0 Å². The standard InChI is InChI=1S/C23H40O2S/c1-15(2)18-10-16(3)22(9,17(4)11-18)25-19(24)23(12-20(5,6)7)13-21(23,8)14-26/h16-17,26H,10-14H2,1-9H3. The van der Waals surface area contributed by atoms with E-state index in [1.807, 2.05) is 0 Å². The van der Waals surface area contributed by atoms with E-state index in [2.05, 4.69) is 74.9 Å². The zero-order valence-electron chi connectivity index (χ0n) is 18.5. The first kappa shape index (κ1) is 21.9. The van der Waals surface area contributed by atoms with Crippen LogP contribution in [0.3, 0.4) is 0 Å². The Bertz CT molecular complexity index is 582. The monoisotopic (exact) mass is 380 g/mol. The van der Waals surface area contributed by atoms with Gasteiger partial charge in [0.2, 0.25) is 0 Å². The van der Waals surface area contributed by atoms with Crippen LogP contribution in [0.2, 0.25) is 0 Å². The van der Waals surface area contributed by atoms with Crippen molar-refractivity contribution in [1.29, 1.82) is 0 Å². The van der Waals surface area contributed by atoms with Gasteiger partial charge in [-0.15, -0.1) is 0 Å². The van der Waals surface area contributed by atoms with E-state index in [-0.39, 0.29) is 27.8 Å². The third-order valence-electron chi connectivity index (χ3n) is 7.38. The molecule has 26 heavy (non-hydrogen) atoms. The lowest BCUT2D eigenvalue weighted by Gasteiger charge is -2.46. The minimum Gasteiger partial charge on any atom is -0.458 e. The topological polar surface area (TPSA) is 26.3 Å². The second kappa shape index (κ2) is 6.87. The fourth-order valence-electron chi connectivity index (χ4n) is 5.02. The largest absolute Gasteiger partial charge is 0.458 e. The van der Waals surface area contributed by atoms with Gasteiger partial charge in [-0.3, -0.25) is 4.79 Å². The summed E-state index contributed by atoms with van der Waals surface area (Å²) in [5, 5.41) is 0. The number of ether oxygens (including phenoxy) is 1. The van der Waals surface area contributed by atoms with Crippen LogP contribution in [0, 0.1) is 28.1 Å². The summed E-state index contributed by atoms with van der Waals surface area (Å²) < 4.78 is 6.41. The Balaban J connectivity index is 2.26. The fraction of sp³-hybridized carbons (Fsp3) is 0.870.